The van der Waals surface area contributed by atoms with E-state index in [1.807, 2.05) is 0 Å². The summed E-state index contributed by atoms with van der Waals surface area (Å²) in [5.74, 6) is -1.73. The van der Waals surface area contributed by atoms with Gasteiger partial charge in [0.1, 0.15) is 11.5 Å². The van der Waals surface area contributed by atoms with E-state index in [4.69, 9.17) is 9.63 Å². The smallest absolute Gasteiger partial charge is 0.374 e. The van der Waals surface area contributed by atoms with Crippen molar-refractivity contribution in [3.8, 4) is 11.4 Å². The van der Waals surface area contributed by atoms with Gasteiger partial charge in [-0.25, -0.2) is 9.18 Å². The monoisotopic (exact) mass is 260 g/mol. The second-order valence-corrected chi connectivity index (χ2v) is 4.17. The van der Waals surface area contributed by atoms with Crippen molar-refractivity contribution in [3.05, 3.63) is 41.9 Å². The molecule has 0 aliphatic heterocycles. The normalized spacial score (nSPS) is 11.1. The number of aromatic carboxylic acids is 1. The molecule has 0 unspecified atom stereocenters. The lowest BCUT2D eigenvalue weighted by molar-refractivity contribution is 0.0652. The molecule has 1 aromatic carbocycles. The van der Waals surface area contributed by atoms with E-state index in [1.165, 1.54) is 18.2 Å². The third kappa shape index (κ3) is 1.77. The summed E-state index contributed by atoms with van der Waals surface area (Å²) < 4.78 is 19.7. The van der Waals surface area contributed by atoms with Crippen molar-refractivity contribution in [1.29, 1.82) is 0 Å². The van der Waals surface area contributed by atoms with Gasteiger partial charge in [0.05, 0.1) is 5.69 Å². The van der Waals surface area contributed by atoms with Crippen LogP contribution < -0.4 is 0 Å². The minimum atomic E-state index is -1.18. The minimum absolute atomic E-state index is 0.230. The molecule has 0 amide bonds. The van der Waals surface area contributed by atoms with Gasteiger partial charge in [0, 0.05) is 24.0 Å². The van der Waals surface area contributed by atoms with Crippen molar-refractivity contribution in [2.24, 2.45) is 7.05 Å². The zero-order valence-corrected chi connectivity index (χ0v) is 9.92. The predicted molar refractivity (Wildman–Crippen MR) is 65.3 cm³/mol. The van der Waals surface area contributed by atoms with Crippen molar-refractivity contribution < 1.29 is 18.8 Å². The van der Waals surface area contributed by atoms with E-state index in [0.29, 0.717) is 11.4 Å². The number of carboxylic acid groups (broad SMARTS) is 1. The van der Waals surface area contributed by atoms with Crippen LogP contribution in [0.1, 0.15) is 10.6 Å². The molecule has 0 spiro atoms. The van der Waals surface area contributed by atoms with Gasteiger partial charge in [0.25, 0.3) is 0 Å². The predicted octanol–water partition coefficient (Wildman–Crippen LogP) is 2.67. The van der Waals surface area contributed by atoms with E-state index in [1.54, 1.807) is 23.7 Å². The molecular formula is C13H9FN2O3. The highest BCUT2D eigenvalue weighted by atomic mass is 19.1. The van der Waals surface area contributed by atoms with Crippen LogP contribution in [-0.4, -0.2) is 20.8 Å². The molecule has 0 radical (unpaired) electrons. The molecule has 0 aliphatic carbocycles. The molecule has 2 heterocycles. The zero-order valence-electron chi connectivity index (χ0n) is 9.92. The molecule has 1 N–H and O–H groups in total. The van der Waals surface area contributed by atoms with Gasteiger partial charge in [-0.3, -0.25) is 0 Å². The van der Waals surface area contributed by atoms with Crippen molar-refractivity contribution in [2.75, 3.05) is 0 Å². The van der Waals surface area contributed by atoms with Gasteiger partial charge in [-0.2, -0.15) is 0 Å². The molecule has 3 rings (SSSR count). The molecular weight excluding hydrogens is 251 g/mol. The first-order valence-electron chi connectivity index (χ1n) is 5.51. The van der Waals surface area contributed by atoms with E-state index in [9.17, 15) is 9.18 Å². The number of carboxylic acids is 1. The van der Waals surface area contributed by atoms with Gasteiger partial charge in [-0.05, 0) is 24.3 Å². The van der Waals surface area contributed by atoms with E-state index in [2.05, 4.69) is 5.16 Å². The second-order valence-electron chi connectivity index (χ2n) is 4.17. The number of halogens is 1. The molecule has 0 atom stereocenters. The molecule has 2 aromatic heterocycles. The van der Waals surface area contributed by atoms with E-state index in [0.717, 1.165) is 10.9 Å². The van der Waals surface area contributed by atoms with Crippen molar-refractivity contribution in [1.82, 2.24) is 9.72 Å². The van der Waals surface area contributed by atoms with Crippen LogP contribution in [0.3, 0.4) is 0 Å². The number of rotatable bonds is 2. The van der Waals surface area contributed by atoms with Crippen molar-refractivity contribution >= 4 is 16.9 Å². The molecule has 96 valence electrons. The average molecular weight is 260 g/mol. The largest absolute Gasteiger partial charge is 0.475 e. The molecule has 0 aliphatic rings. The fourth-order valence-corrected chi connectivity index (χ4v) is 2.06. The summed E-state index contributed by atoms with van der Waals surface area (Å²) >= 11 is 0. The highest BCUT2D eigenvalue weighted by Crippen LogP contribution is 2.27. The van der Waals surface area contributed by atoms with Crippen LogP contribution in [0.25, 0.3) is 22.3 Å². The van der Waals surface area contributed by atoms with Gasteiger partial charge in [0.2, 0.25) is 5.76 Å². The molecule has 3 aromatic rings. The number of hydrogen-bond acceptors (Lipinski definition) is 3. The minimum Gasteiger partial charge on any atom is -0.475 e. The highest BCUT2D eigenvalue weighted by molar-refractivity contribution is 5.88. The lowest BCUT2D eigenvalue weighted by Gasteiger charge is -1.99. The molecule has 0 saturated carbocycles. The quantitative estimate of drug-likeness (QED) is 0.769. The van der Waals surface area contributed by atoms with Crippen molar-refractivity contribution in [2.45, 2.75) is 0 Å². The Morgan fingerprint density at radius 1 is 1.37 bits per heavy atom. The maximum atomic E-state index is 13.2. The summed E-state index contributed by atoms with van der Waals surface area (Å²) in [4.78, 5) is 10.8. The molecule has 0 saturated heterocycles. The number of aromatic nitrogens is 2. The van der Waals surface area contributed by atoms with Crippen LogP contribution in [0.2, 0.25) is 0 Å². The SMILES string of the molecule is Cn1c(-c2cc(C(=O)O)on2)cc2cc(F)ccc21. The van der Waals surface area contributed by atoms with Gasteiger partial charge in [0.15, 0.2) is 0 Å². The number of benzene rings is 1. The Morgan fingerprint density at radius 3 is 2.84 bits per heavy atom. The zero-order chi connectivity index (χ0) is 13.6. The van der Waals surface area contributed by atoms with Crippen LogP contribution in [0, 0.1) is 5.82 Å². The van der Waals surface area contributed by atoms with Crippen LogP contribution in [0.15, 0.2) is 34.9 Å². The molecule has 5 nitrogen and oxygen atoms in total. The van der Waals surface area contributed by atoms with Crippen LogP contribution in [0.4, 0.5) is 4.39 Å². The first-order valence-corrected chi connectivity index (χ1v) is 5.51. The third-order valence-corrected chi connectivity index (χ3v) is 2.99. The maximum Gasteiger partial charge on any atom is 0.374 e. The Kier molecular flexibility index (Phi) is 2.38. The van der Waals surface area contributed by atoms with Crippen LogP contribution >= 0.6 is 0 Å². The lowest BCUT2D eigenvalue weighted by Crippen LogP contribution is -1.92. The number of carbonyl (C=O) groups is 1. The third-order valence-electron chi connectivity index (χ3n) is 2.99. The van der Waals surface area contributed by atoms with E-state index >= 15 is 0 Å². The fourth-order valence-electron chi connectivity index (χ4n) is 2.06. The Hall–Kier alpha value is -2.63. The summed E-state index contributed by atoms with van der Waals surface area (Å²) in [6.07, 6.45) is 0. The number of aryl methyl sites for hydroxylation is 1. The van der Waals surface area contributed by atoms with E-state index in [-0.39, 0.29) is 11.6 Å². The highest BCUT2D eigenvalue weighted by Gasteiger charge is 2.16. The summed E-state index contributed by atoms with van der Waals surface area (Å²) in [6, 6.07) is 7.52. The first-order chi connectivity index (χ1) is 9.06. The summed E-state index contributed by atoms with van der Waals surface area (Å²) in [5, 5.41) is 13.2. The fraction of sp³-hybridized carbons (Fsp3) is 0.0769. The Bertz CT molecular complexity index is 788. The van der Waals surface area contributed by atoms with Gasteiger partial charge < -0.3 is 14.2 Å². The van der Waals surface area contributed by atoms with Gasteiger partial charge >= 0.3 is 5.97 Å². The topological polar surface area (TPSA) is 68.3 Å². The Labute approximate surface area is 106 Å². The second kappa shape index (κ2) is 3.94. The molecule has 6 heteroatoms. The van der Waals surface area contributed by atoms with Crippen LogP contribution in [0.5, 0.6) is 0 Å². The number of nitrogens with zero attached hydrogens (tertiary/aromatic N) is 2. The first kappa shape index (κ1) is 11.5. The molecule has 0 bridgehead atoms. The summed E-state index contributed by atoms with van der Waals surface area (Å²) in [5.41, 5.74) is 1.89. The Balaban J connectivity index is 2.18. The van der Waals surface area contributed by atoms with Crippen LogP contribution in [-0.2, 0) is 7.05 Å². The van der Waals surface area contributed by atoms with Crippen molar-refractivity contribution in [3.63, 3.8) is 0 Å². The van der Waals surface area contributed by atoms with Gasteiger partial charge in [-0.1, -0.05) is 5.16 Å². The number of fused-ring (bicyclic) bond motifs is 1. The number of hydrogen-bond donors (Lipinski definition) is 1. The summed E-state index contributed by atoms with van der Waals surface area (Å²) in [7, 11) is 1.80. The van der Waals surface area contributed by atoms with E-state index < -0.39 is 5.97 Å². The standard InChI is InChI=1S/C13H9FN2O3/c1-16-10-3-2-8(14)4-7(10)5-11(16)9-6-12(13(17)18)19-15-9/h2-6H,1H3,(H,17,18). The average Bonchev–Trinajstić information content (AvgIpc) is 2.94. The molecule has 0 fully saturated rings. The van der Waals surface area contributed by atoms with Gasteiger partial charge in [-0.15, -0.1) is 0 Å². The lowest BCUT2D eigenvalue weighted by atomic mass is 10.2. The maximum absolute atomic E-state index is 13.2. The Morgan fingerprint density at radius 2 is 2.16 bits per heavy atom. The summed E-state index contributed by atoms with van der Waals surface area (Å²) in [6.45, 7) is 0. The molecule has 19 heavy (non-hydrogen) atoms.